The molecular formula is C51H46F6N6. The fraction of sp³-hybridized carbons (Fsp3) is 0.137. The maximum absolute atomic E-state index is 16.1. The Bertz CT molecular complexity index is 2600. The number of nitrogens with two attached hydrogens (primary N) is 6. The molecule has 0 heterocycles. The van der Waals surface area contributed by atoms with E-state index in [1.807, 2.05) is 0 Å². The van der Waals surface area contributed by atoms with Gasteiger partial charge in [0.25, 0.3) is 0 Å². The van der Waals surface area contributed by atoms with Crippen LogP contribution in [0.15, 0.2) is 209 Å². The highest BCUT2D eigenvalue weighted by atomic mass is 19.4. The zero-order chi connectivity index (χ0) is 45.2. The van der Waals surface area contributed by atoms with Crippen molar-refractivity contribution in [2.75, 3.05) is 24.6 Å². The van der Waals surface area contributed by atoms with Gasteiger partial charge in [0.05, 0.1) is 22.5 Å². The Morgan fingerprint density at radius 3 is 1.24 bits per heavy atom. The van der Waals surface area contributed by atoms with Gasteiger partial charge < -0.3 is 34.4 Å². The lowest BCUT2D eigenvalue weighted by molar-refractivity contribution is -0.173. The number of alkyl halides is 6. The van der Waals surface area contributed by atoms with Crippen LogP contribution in [-0.4, -0.2) is 25.4 Å². The summed E-state index contributed by atoms with van der Waals surface area (Å²) in [6.07, 6.45) is -10.5. The number of para-hydroxylation sites is 1. The molecule has 1 aliphatic carbocycles. The standard InChI is InChI=1S/C51H46F6N6/c52-50(53,54)47(51(55,56)57)45-43(37-27-16-28-42(60)46(37)61)38(32-17-6-1-7-18-32)29-39(40(30-58)48(62,33-19-8-2-9-20-33)34-21-10-3-11-22-34)44(45)41(31-59)49(63,35-23-12-4-13-24-35)36-25-14-5-15-26-36/h1-29,43H,30-31,58-63H2. The molecule has 6 aromatic carbocycles. The van der Waals surface area contributed by atoms with Crippen molar-refractivity contribution in [2.24, 2.45) is 22.9 Å². The summed E-state index contributed by atoms with van der Waals surface area (Å²) in [6, 6.07) is 46.5. The second-order valence-electron chi connectivity index (χ2n) is 15.3. The summed E-state index contributed by atoms with van der Waals surface area (Å²) in [7, 11) is 0. The smallest absolute Gasteiger partial charge is 0.397 e. The van der Waals surface area contributed by atoms with Gasteiger partial charge in [-0.25, -0.2) is 0 Å². The fourth-order valence-corrected chi connectivity index (χ4v) is 8.89. The average Bonchev–Trinajstić information content (AvgIpc) is 3.29. The van der Waals surface area contributed by atoms with Crippen molar-refractivity contribution in [2.45, 2.75) is 29.3 Å². The molecule has 1 atom stereocenters. The monoisotopic (exact) mass is 856 g/mol. The third-order valence-electron chi connectivity index (χ3n) is 11.8. The third-order valence-corrected chi connectivity index (χ3v) is 11.8. The van der Waals surface area contributed by atoms with E-state index in [1.165, 1.54) is 18.2 Å². The van der Waals surface area contributed by atoms with Crippen molar-refractivity contribution < 1.29 is 26.3 Å². The van der Waals surface area contributed by atoms with Gasteiger partial charge in [-0.2, -0.15) is 26.3 Å². The summed E-state index contributed by atoms with van der Waals surface area (Å²) in [5.41, 5.74) is 35.0. The summed E-state index contributed by atoms with van der Waals surface area (Å²) >= 11 is 0. The molecule has 0 saturated heterocycles. The molecule has 0 aromatic heterocycles. The molecule has 63 heavy (non-hydrogen) atoms. The van der Waals surface area contributed by atoms with E-state index in [0.29, 0.717) is 27.8 Å². The molecule has 0 spiro atoms. The van der Waals surface area contributed by atoms with Gasteiger partial charge in [-0.15, -0.1) is 0 Å². The van der Waals surface area contributed by atoms with E-state index in [4.69, 9.17) is 34.4 Å². The molecule has 1 aliphatic rings. The predicted octanol–water partition coefficient (Wildman–Crippen LogP) is 9.77. The zero-order valence-electron chi connectivity index (χ0n) is 34.0. The number of anilines is 2. The van der Waals surface area contributed by atoms with Crippen molar-refractivity contribution in [3.05, 3.63) is 243 Å². The van der Waals surface area contributed by atoms with Gasteiger partial charge >= 0.3 is 12.4 Å². The minimum absolute atomic E-state index is 0.0282. The van der Waals surface area contributed by atoms with Gasteiger partial charge in [0, 0.05) is 19.0 Å². The highest BCUT2D eigenvalue weighted by Gasteiger charge is 2.57. The van der Waals surface area contributed by atoms with Gasteiger partial charge in [-0.3, -0.25) is 0 Å². The van der Waals surface area contributed by atoms with Crippen LogP contribution in [0.25, 0.3) is 5.57 Å². The number of halogens is 6. The first kappa shape index (κ1) is 44.4. The predicted molar refractivity (Wildman–Crippen MR) is 239 cm³/mol. The first-order valence-electron chi connectivity index (χ1n) is 20.1. The zero-order valence-corrected chi connectivity index (χ0v) is 34.0. The molecule has 0 amide bonds. The Morgan fingerprint density at radius 1 is 0.476 bits per heavy atom. The Kier molecular flexibility index (Phi) is 12.4. The lowest BCUT2D eigenvalue weighted by Crippen LogP contribution is -2.46. The quantitative estimate of drug-likeness (QED) is 0.0596. The lowest BCUT2D eigenvalue weighted by atomic mass is 9.63. The number of allylic oxidation sites excluding steroid dienone is 6. The highest BCUT2D eigenvalue weighted by molar-refractivity contribution is 5.89. The molecule has 0 bridgehead atoms. The van der Waals surface area contributed by atoms with Crippen LogP contribution in [0.2, 0.25) is 0 Å². The second-order valence-corrected chi connectivity index (χ2v) is 15.3. The maximum Gasteiger partial charge on any atom is 0.421 e. The Morgan fingerprint density at radius 2 is 0.857 bits per heavy atom. The lowest BCUT2D eigenvalue weighted by Gasteiger charge is -2.43. The molecule has 0 saturated carbocycles. The number of rotatable bonds is 10. The van der Waals surface area contributed by atoms with Crippen molar-refractivity contribution in [1.29, 1.82) is 0 Å². The summed E-state index contributed by atoms with van der Waals surface area (Å²) < 4.78 is 96.3. The Labute approximate surface area is 361 Å². The van der Waals surface area contributed by atoms with Crippen molar-refractivity contribution in [3.8, 4) is 0 Å². The molecule has 12 heteroatoms. The van der Waals surface area contributed by atoms with Crippen molar-refractivity contribution in [1.82, 2.24) is 0 Å². The third kappa shape index (κ3) is 8.10. The van der Waals surface area contributed by atoms with Crippen LogP contribution in [0.5, 0.6) is 0 Å². The summed E-state index contributed by atoms with van der Waals surface area (Å²) in [4.78, 5) is 0. The average molecular weight is 857 g/mol. The molecule has 6 aromatic rings. The van der Waals surface area contributed by atoms with Gasteiger partial charge in [0.15, 0.2) is 0 Å². The number of hydrogen-bond donors (Lipinski definition) is 6. The molecule has 7 rings (SSSR count). The van der Waals surface area contributed by atoms with Crippen LogP contribution in [0.3, 0.4) is 0 Å². The van der Waals surface area contributed by atoms with Crippen LogP contribution in [0, 0.1) is 0 Å². The molecule has 1 unspecified atom stereocenters. The maximum atomic E-state index is 16.1. The largest absolute Gasteiger partial charge is 0.421 e. The van der Waals surface area contributed by atoms with E-state index < -0.39 is 59.2 Å². The number of hydrogen-bond acceptors (Lipinski definition) is 6. The normalized spacial score (nSPS) is 16.6. The van der Waals surface area contributed by atoms with Gasteiger partial charge in [0.2, 0.25) is 0 Å². The van der Waals surface area contributed by atoms with Gasteiger partial charge in [-0.05, 0) is 79.0 Å². The molecule has 0 radical (unpaired) electrons. The molecular weight excluding hydrogens is 811 g/mol. The van der Waals surface area contributed by atoms with Crippen molar-refractivity contribution >= 4 is 16.9 Å². The van der Waals surface area contributed by atoms with Crippen LogP contribution >= 0.6 is 0 Å². The van der Waals surface area contributed by atoms with E-state index in [9.17, 15) is 0 Å². The molecule has 12 N–H and O–H groups in total. The topological polar surface area (TPSA) is 156 Å². The highest BCUT2D eigenvalue weighted by Crippen LogP contribution is 2.58. The second kappa shape index (κ2) is 17.6. The first-order valence-corrected chi connectivity index (χ1v) is 20.1. The molecule has 6 nitrogen and oxygen atoms in total. The summed E-state index contributed by atoms with van der Waals surface area (Å²) in [5.74, 6) is -1.87. The Balaban J connectivity index is 1.87. The van der Waals surface area contributed by atoms with E-state index in [2.05, 4.69) is 0 Å². The first-order chi connectivity index (χ1) is 30.1. The number of nitrogen functional groups attached to an aromatic ring is 2. The fourth-order valence-electron chi connectivity index (χ4n) is 8.89. The van der Waals surface area contributed by atoms with Gasteiger partial charge in [0.1, 0.15) is 5.57 Å². The Hall–Kier alpha value is -6.70. The van der Waals surface area contributed by atoms with E-state index >= 15 is 26.3 Å². The van der Waals surface area contributed by atoms with Crippen LogP contribution < -0.4 is 34.4 Å². The minimum atomic E-state index is -6.02. The minimum Gasteiger partial charge on any atom is -0.397 e. The van der Waals surface area contributed by atoms with E-state index in [1.54, 1.807) is 158 Å². The van der Waals surface area contributed by atoms with Crippen LogP contribution in [0.4, 0.5) is 37.7 Å². The van der Waals surface area contributed by atoms with Crippen LogP contribution in [0.1, 0.15) is 39.3 Å². The number of benzene rings is 6. The molecule has 322 valence electrons. The molecule has 0 aliphatic heterocycles. The molecule has 0 fully saturated rings. The van der Waals surface area contributed by atoms with Crippen molar-refractivity contribution in [3.63, 3.8) is 0 Å². The van der Waals surface area contributed by atoms with E-state index in [0.717, 1.165) is 0 Å². The van der Waals surface area contributed by atoms with Crippen LogP contribution in [-0.2, 0) is 11.1 Å². The van der Waals surface area contributed by atoms with E-state index in [-0.39, 0.29) is 39.2 Å². The summed E-state index contributed by atoms with van der Waals surface area (Å²) in [6.45, 7) is -1.08. The SMILES string of the molecule is NCC(=C1C=C(c2ccccc2)C(c2cccc(N)c2N)C(=C(C(F)(F)F)C(F)(F)F)C1=C(CN)C(N)(c1ccccc1)c1ccccc1)C(N)(c1ccccc1)c1ccccc1. The van der Waals surface area contributed by atoms with Gasteiger partial charge in [-0.1, -0.05) is 164 Å². The summed E-state index contributed by atoms with van der Waals surface area (Å²) in [5, 5.41) is 0.